The molecule has 6 nitrogen and oxygen atoms in total. The monoisotopic (exact) mass is 519 g/mol. The van der Waals surface area contributed by atoms with Gasteiger partial charge in [-0.3, -0.25) is 4.79 Å². The Morgan fingerprint density at radius 1 is 1.09 bits per heavy atom. The van der Waals surface area contributed by atoms with E-state index in [1.807, 2.05) is 26.0 Å². The Balaban J connectivity index is 1.29. The van der Waals surface area contributed by atoms with Gasteiger partial charge in [-0.1, -0.05) is 24.3 Å². The first-order valence-corrected chi connectivity index (χ1v) is 12.7. The molecule has 2 aliphatic rings. The number of hydrogen-bond donors (Lipinski definition) is 3. The Labute approximate surface area is 209 Å². The Kier molecular flexibility index (Phi) is 6.40. The van der Waals surface area contributed by atoms with Gasteiger partial charge in [-0.05, 0) is 109 Å². The van der Waals surface area contributed by atoms with Gasteiger partial charge in [0.25, 0.3) is 0 Å². The second-order valence-electron chi connectivity index (χ2n) is 9.68. The normalized spacial score (nSPS) is 17.3. The van der Waals surface area contributed by atoms with E-state index in [9.17, 15) is 4.79 Å². The van der Waals surface area contributed by atoms with Crippen LogP contribution < -0.4 is 16.0 Å². The summed E-state index contributed by atoms with van der Waals surface area (Å²) in [6.45, 7) is 6.15. The van der Waals surface area contributed by atoms with Gasteiger partial charge < -0.3 is 16.0 Å². The summed E-state index contributed by atoms with van der Waals surface area (Å²) in [7, 11) is 0. The van der Waals surface area contributed by atoms with E-state index < -0.39 is 5.41 Å². The second-order valence-corrected chi connectivity index (χ2v) is 10.5. The molecule has 1 aromatic heterocycles. The molecule has 0 bridgehead atoms. The number of aromatic nitrogens is 2. The van der Waals surface area contributed by atoms with Gasteiger partial charge in [0.2, 0.25) is 11.9 Å². The number of benzene rings is 2. The van der Waals surface area contributed by atoms with Crippen LogP contribution in [0.3, 0.4) is 0 Å². The van der Waals surface area contributed by atoms with Crippen LogP contribution >= 0.6 is 15.9 Å². The van der Waals surface area contributed by atoms with E-state index in [1.165, 1.54) is 24.0 Å². The third-order valence-corrected chi connectivity index (χ3v) is 7.68. The first-order valence-electron chi connectivity index (χ1n) is 11.9. The fourth-order valence-corrected chi connectivity index (χ4v) is 5.45. The third-order valence-electron chi connectivity index (χ3n) is 7.02. The molecule has 1 amide bonds. The number of fused-ring (bicyclic) bond motifs is 1. The number of nitrogens with one attached hydrogen (secondary N) is 3. The minimum Gasteiger partial charge on any atom is -0.325 e. The molecule has 1 fully saturated rings. The maximum atomic E-state index is 12.4. The van der Waals surface area contributed by atoms with Gasteiger partial charge in [0.1, 0.15) is 0 Å². The maximum absolute atomic E-state index is 12.4. The molecule has 3 N–H and O–H groups in total. The number of nitrogens with zero attached hydrogens (tertiary/aromatic N) is 2. The molecule has 0 saturated carbocycles. The highest BCUT2D eigenvalue weighted by Gasteiger charge is 2.39. The first kappa shape index (κ1) is 23.0. The molecule has 0 radical (unpaired) electrons. The van der Waals surface area contributed by atoms with Gasteiger partial charge in [-0.2, -0.15) is 0 Å². The van der Waals surface area contributed by atoms with Crippen molar-refractivity contribution in [1.82, 2.24) is 15.3 Å². The van der Waals surface area contributed by atoms with Gasteiger partial charge >= 0.3 is 0 Å². The number of piperidine rings is 1. The van der Waals surface area contributed by atoms with E-state index in [0.717, 1.165) is 53.0 Å². The minimum atomic E-state index is -0.526. The highest BCUT2D eigenvalue weighted by Crippen LogP contribution is 2.40. The number of carbonyl (C=O) groups excluding carboxylic acids is 1. The summed E-state index contributed by atoms with van der Waals surface area (Å²) < 4.78 is 0.889. The molecule has 1 saturated heterocycles. The molecule has 34 heavy (non-hydrogen) atoms. The molecule has 0 spiro atoms. The predicted octanol–water partition coefficient (Wildman–Crippen LogP) is 5.46. The highest BCUT2D eigenvalue weighted by atomic mass is 79.9. The van der Waals surface area contributed by atoms with Crippen molar-refractivity contribution in [3.8, 4) is 0 Å². The maximum Gasteiger partial charge on any atom is 0.234 e. The SMILES string of the molecule is CC1(C)C(=O)Nc2cccc(CCc3nc(Nc4ccc(C5CCNCC5)cc4)ncc3Br)c21. The van der Waals surface area contributed by atoms with Gasteiger partial charge in [0.15, 0.2) is 0 Å². The lowest BCUT2D eigenvalue weighted by Crippen LogP contribution is -2.27. The summed E-state index contributed by atoms with van der Waals surface area (Å²) in [5.41, 5.74) is 5.99. The lowest BCUT2D eigenvalue weighted by atomic mass is 9.82. The van der Waals surface area contributed by atoms with Crippen LogP contribution in [0.25, 0.3) is 0 Å². The van der Waals surface area contributed by atoms with E-state index in [-0.39, 0.29) is 5.91 Å². The van der Waals surface area contributed by atoms with Crippen LogP contribution in [0.15, 0.2) is 53.1 Å². The molecule has 0 aliphatic carbocycles. The molecule has 3 aromatic rings. The molecule has 3 heterocycles. The van der Waals surface area contributed by atoms with E-state index in [0.29, 0.717) is 11.9 Å². The summed E-state index contributed by atoms with van der Waals surface area (Å²) in [6.07, 6.45) is 5.73. The first-order chi connectivity index (χ1) is 16.4. The zero-order valence-corrected chi connectivity index (χ0v) is 21.2. The average molecular weight is 520 g/mol. The van der Waals surface area contributed by atoms with Crippen LogP contribution in [-0.2, 0) is 23.1 Å². The van der Waals surface area contributed by atoms with Crippen molar-refractivity contribution in [3.63, 3.8) is 0 Å². The number of hydrogen-bond acceptors (Lipinski definition) is 5. The van der Waals surface area contributed by atoms with E-state index in [4.69, 9.17) is 4.98 Å². The largest absolute Gasteiger partial charge is 0.325 e. The quantitative estimate of drug-likeness (QED) is 0.402. The van der Waals surface area contributed by atoms with Crippen LogP contribution in [0.4, 0.5) is 17.3 Å². The molecule has 7 heteroatoms. The third kappa shape index (κ3) is 4.59. The minimum absolute atomic E-state index is 0.0517. The number of halogens is 1. The van der Waals surface area contributed by atoms with E-state index >= 15 is 0 Å². The number of anilines is 3. The topological polar surface area (TPSA) is 78.9 Å². The van der Waals surface area contributed by atoms with Crippen LogP contribution in [0.5, 0.6) is 0 Å². The van der Waals surface area contributed by atoms with Crippen molar-refractivity contribution >= 4 is 39.2 Å². The molecule has 176 valence electrons. The summed E-state index contributed by atoms with van der Waals surface area (Å²) in [4.78, 5) is 21.7. The summed E-state index contributed by atoms with van der Waals surface area (Å²) in [6, 6.07) is 14.7. The number of amides is 1. The Hall–Kier alpha value is -2.77. The molecule has 5 rings (SSSR count). The van der Waals surface area contributed by atoms with Crippen molar-refractivity contribution in [2.24, 2.45) is 0 Å². The Bertz CT molecular complexity index is 1200. The fraction of sp³-hybridized carbons (Fsp3) is 0.370. The highest BCUT2D eigenvalue weighted by molar-refractivity contribution is 9.10. The predicted molar refractivity (Wildman–Crippen MR) is 140 cm³/mol. The Morgan fingerprint density at radius 3 is 2.62 bits per heavy atom. The molecular formula is C27H30BrN5O. The van der Waals surface area contributed by atoms with Crippen LogP contribution in [0.1, 0.15) is 55.0 Å². The van der Waals surface area contributed by atoms with Crippen LogP contribution in [0.2, 0.25) is 0 Å². The fourth-order valence-electron chi connectivity index (χ4n) is 5.06. The van der Waals surface area contributed by atoms with Crippen molar-refractivity contribution in [3.05, 3.63) is 75.5 Å². The summed E-state index contributed by atoms with van der Waals surface area (Å²) in [5.74, 6) is 1.28. The number of carbonyl (C=O) groups is 1. The van der Waals surface area contributed by atoms with Gasteiger partial charge in [0.05, 0.1) is 15.6 Å². The van der Waals surface area contributed by atoms with Gasteiger partial charge in [-0.25, -0.2) is 9.97 Å². The molecule has 2 aliphatic heterocycles. The zero-order chi connectivity index (χ0) is 23.7. The second kappa shape index (κ2) is 9.47. The molecule has 0 unspecified atom stereocenters. The van der Waals surface area contributed by atoms with Gasteiger partial charge in [0, 0.05) is 17.6 Å². The Morgan fingerprint density at radius 2 is 1.85 bits per heavy atom. The van der Waals surface area contributed by atoms with E-state index in [2.05, 4.69) is 67.2 Å². The van der Waals surface area contributed by atoms with Crippen molar-refractivity contribution < 1.29 is 4.79 Å². The molecule has 0 atom stereocenters. The zero-order valence-electron chi connectivity index (χ0n) is 19.6. The number of rotatable bonds is 6. The number of aryl methyl sites for hydroxylation is 2. The van der Waals surface area contributed by atoms with Gasteiger partial charge in [-0.15, -0.1) is 0 Å². The van der Waals surface area contributed by atoms with Crippen molar-refractivity contribution in [2.45, 2.75) is 50.9 Å². The van der Waals surface area contributed by atoms with E-state index in [1.54, 1.807) is 6.20 Å². The molecular weight excluding hydrogens is 490 g/mol. The lowest BCUT2D eigenvalue weighted by molar-refractivity contribution is -0.119. The van der Waals surface area contributed by atoms with Crippen LogP contribution in [0, 0.1) is 0 Å². The van der Waals surface area contributed by atoms with Crippen LogP contribution in [-0.4, -0.2) is 29.0 Å². The van der Waals surface area contributed by atoms with Crippen molar-refractivity contribution in [2.75, 3.05) is 23.7 Å². The summed E-state index contributed by atoms with van der Waals surface area (Å²) in [5, 5.41) is 9.79. The smallest absolute Gasteiger partial charge is 0.234 e. The average Bonchev–Trinajstić information content (AvgIpc) is 3.09. The molecule has 2 aromatic carbocycles. The lowest BCUT2D eigenvalue weighted by Gasteiger charge is -2.23. The summed E-state index contributed by atoms with van der Waals surface area (Å²) >= 11 is 3.61. The standard InChI is InChI=1S/C27H30BrN5O/c1-27(2)24-19(4-3-5-23(24)32-25(27)34)8-11-22-21(28)16-30-26(33-22)31-20-9-6-17(7-10-20)18-12-14-29-15-13-18/h3-7,9-10,16,18,29H,8,11-15H2,1-2H3,(H,32,34)(H,30,31,33). The van der Waals surface area contributed by atoms with Crippen molar-refractivity contribution in [1.29, 1.82) is 0 Å².